The minimum atomic E-state index is -1.04. The van der Waals surface area contributed by atoms with Crippen molar-refractivity contribution < 1.29 is 14.7 Å². The Morgan fingerprint density at radius 2 is 2.05 bits per heavy atom. The number of hydrogen-bond acceptors (Lipinski definition) is 3. The van der Waals surface area contributed by atoms with E-state index in [1.54, 1.807) is 33.9 Å². The third kappa shape index (κ3) is 4.68. The molecule has 1 heterocycles. The van der Waals surface area contributed by atoms with Crippen LogP contribution in [-0.2, 0) is 11.3 Å². The molecule has 0 radical (unpaired) electrons. The van der Waals surface area contributed by atoms with Gasteiger partial charge in [0.05, 0.1) is 10.9 Å². The summed E-state index contributed by atoms with van der Waals surface area (Å²) in [6, 6.07) is 2.25. The average molecular weight is 319 g/mol. The largest absolute Gasteiger partial charge is 0.480 e. The van der Waals surface area contributed by atoms with Crippen LogP contribution in [0.15, 0.2) is 12.1 Å². The number of halogens is 1. The third-order valence-corrected chi connectivity index (χ3v) is 3.97. The van der Waals surface area contributed by atoms with Crippen molar-refractivity contribution in [3.63, 3.8) is 0 Å². The molecule has 0 bridgehead atoms. The molecule has 112 valence electrons. The van der Waals surface area contributed by atoms with Crippen LogP contribution in [0.5, 0.6) is 0 Å². The van der Waals surface area contributed by atoms with E-state index in [1.165, 1.54) is 16.2 Å². The maximum Gasteiger partial charge on any atom is 0.326 e. The third-order valence-electron chi connectivity index (χ3n) is 2.75. The van der Waals surface area contributed by atoms with E-state index in [-0.39, 0.29) is 0 Å². The molecule has 0 saturated heterocycles. The number of carboxylic acid groups (broad SMARTS) is 1. The first-order chi connectivity index (χ1) is 9.11. The summed E-state index contributed by atoms with van der Waals surface area (Å²) in [5.41, 5.74) is -0.561. The van der Waals surface area contributed by atoms with Crippen molar-refractivity contribution in [1.29, 1.82) is 0 Å². The highest BCUT2D eigenvalue weighted by Crippen LogP contribution is 2.23. The van der Waals surface area contributed by atoms with Gasteiger partial charge in [-0.05, 0) is 17.5 Å². The summed E-state index contributed by atoms with van der Waals surface area (Å²) < 4.78 is 0.659. The quantitative estimate of drug-likeness (QED) is 0.896. The molecule has 0 saturated carbocycles. The van der Waals surface area contributed by atoms with Crippen LogP contribution < -0.4 is 5.32 Å². The number of urea groups is 1. The van der Waals surface area contributed by atoms with Crippen LogP contribution in [0.2, 0.25) is 4.34 Å². The van der Waals surface area contributed by atoms with Gasteiger partial charge in [0.1, 0.15) is 6.04 Å². The van der Waals surface area contributed by atoms with E-state index in [1.807, 2.05) is 6.07 Å². The maximum absolute atomic E-state index is 12.0. The van der Waals surface area contributed by atoms with E-state index >= 15 is 0 Å². The Hall–Kier alpha value is -1.27. The molecule has 2 amide bonds. The number of nitrogens with zero attached hydrogens (tertiary/aromatic N) is 1. The Balaban J connectivity index is 2.67. The van der Waals surface area contributed by atoms with Crippen LogP contribution in [0.25, 0.3) is 0 Å². The van der Waals surface area contributed by atoms with Crippen molar-refractivity contribution in [1.82, 2.24) is 10.2 Å². The molecular weight excluding hydrogens is 300 g/mol. The fourth-order valence-corrected chi connectivity index (χ4v) is 2.77. The molecule has 0 unspecified atom stereocenters. The van der Waals surface area contributed by atoms with Crippen molar-refractivity contribution in [3.05, 3.63) is 21.3 Å². The SMILES string of the molecule is CN(Cc1ccc(Cl)s1)C(=O)N[C@H](C(=O)O)C(C)(C)C. The standard InChI is InChI=1S/C13H19ClN2O3S/c1-13(2,3)10(11(17)18)15-12(19)16(4)7-8-5-6-9(14)20-8/h5-6,10H,7H2,1-4H3,(H,15,19)(H,17,18)/t10-/m1/s1. The molecule has 0 spiro atoms. The number of nitrogens with one attached hydrogen (secondary N) is 1. The predicted octanol–water partition coefficient (Wildman–Crippen LogP) is 3.04. The molecule has 1 atom stereocenters. The molecular formula is C13H19ClN2O3S. The molecule has 20 heavy (non-hydrogen) atoms. The van der Waals surface area contributed by atoms with Gasteiger partial charge in [-0.15, -0.1) is 11.3 Å². The number of rotatable bonds is 4. The normalized spacial score (nSPS) is 12.8. The molecule has 0 aromatic carbocycles. The smallest absolute Gasteiger partial charge is 0.326 e. The lowest BCUT2D eigenvalue weighted by Crippen LogP contribution is -2.52. The second kappa shape index (κ2) is 6.45. The number of carbonyl (C=O) groups excluding carboxylic acids is 1. The van der Waals surface area contributed by atoms with Gasteiger partial charge < -0.3 is 15.3 Å². The first-order valence-electron chi connectivity index (χ1n) is 6.10. The zero-order chi connectivity index (χ0) is 15.5. The Morgan fingerprint density at radius 3 is 2.45 bits per heavy atom. The fourth-order valence-electron chi connectivity index (χ4n) is 1.62. The van der Waals surface area contributed by atoms with Crippen LogP contribution >= 0.6 is 22.9 Å². The Kier molecular flexibility index (Phi) is 5.42. The van der Waals surface area contributed by atoms with E-state index in [2.05, 4.69) is 5.32 Å². The fraction of sp³-hybridized carbons (Fsp3) is 0.538. The predicted molar refractivity (Wildman–Crippen MR) is 80.2 cm³/mol. The second-order valence-electron chi connectivity index (χ2n) is 5.65. The lowest BCUT2D eigenvalue weighted by Gasteiger charge is -2.29. The minimum absolute atomic E-state index is 0.389. The second-order valence-corrected chi connectivity index (χ2v) is 7.45. The highest BCUT2D eigenvalue weighted by Gasteiger charge is 2.33. The van der Waals surface area contributed by atoms with E-state index < -0.39 is 23.5 Å². The molecule has 1 aromatic rings. The monoisotopic (exact) mass is 318 g/mol. The van der Waals surface area contributed by atoms with Crippen LogP contribution in [-0.4, -0.2) is 35.1 Å². The molecule has 0 aliphatic rings. The van der Waals surface area contributed by atoms with Gasteiger partial charge in [0.15, 0.2) is 0 Å². The minimum Gasteiger partial charge on any atom is -0.480 e. The van der Waals surface area contributed by atoms with Crippen LogP contribution in [0.1, 0.15) is 25.6 Å². The number of hydrogen-bond donors (Lipinski definition) is 2. The Morgan fingerprint density at radius 1 is 1.45 bits per heavy atom. The van der Waals surface area contributed by atoms with Crippen LogP contribution in [0, 0.1) is 5.41 Å². The summed E-state index contributed by atoms with van der Waals surface area (Å²) >= 11 is 7.22. The first-order valence-corrected chi connectivity index (χ1v) is 7.29. The summed E-state index contributed by atoms with van der Waals surface area (Å²) in [5, 5.41) is 11.7. The molecule has 1 rings (SSSR count). The molecule has 2 N–H and O–H groups in total. The lowest BCUT2D eigenvalue weighted by atomic mass is 9.87. The average Bonchev–Trinajstić information content (AvgIpc) is 2.69. The number of amides is 2. The number of aliphatic carboxylic acids is 1. The Bertz CT molecular complexity index is 496. The van der Waals surface area contributed by atoms with E-state index in [9.17, 15) is 14.7 Å². The molecule has 1 aromatic heterocycles. The zero-order valence-corrected chi connectivity index (χ0v) is 13.5. The van der Waals surface area contributed by atoms with E-state index in [0.29, 0.717) is 10.9 Å². The molecule has 7 heteroatoms. The lowest BCUT2D eigenvalue weighted by molar-refractivity contribution is -0.142. The number of carboxylic acids is 1. The van der Waals surface area contributed by atoms with Crippen LogP contribution in [0.4, 0.5) is 4.79 Å². The Labute approximate surface area is 127 Å². The van der Waals surface area contributed by atoms with Crippen molar-refractivity contribution in [2.24, 2.45) is 5.41 Å². The van der Waals surface area contributed by atoms with Crippen molar-refractivity contribution in [2.75, 3.05) is 7.05 Å². The van der Waals surface area contributed by atoms with E-state index in [0.717, 1.165) is 4.88 Å². The van der Waals surface area contributed by atoms with Crippen LogP contribution in [0.3, 0.4) is 0 Å². The van der Waals surface area contributed by atoms with Crippen molar-refractivity contribution in [2.45, 2.75) is 33.4 Å². The van der Waals surface area contributed by atoms with Gasteiger partial charge >= 0.3 is 12.0 Å². The summed E-state index contributed by atoms with van der Waals surface area (Å²) in [6.07, 6.45) is 0. The van der Waals surface area contributed by atoms with Gasteiger partial charge in [0.2, 0.25) is 0 Å². The zero-order valence-electron chi connectivity index (χ0n) is 11.9. The molecule has 5 nitrogen and oxygen atoms in total. The molecule has 0 aliphatic carbocycles. The van der Waals surface area contributed by atoms with E-state index in [4.69, 9.17) is 11.6 Å². The van der Waals surface area contributed by atoms with Crippen molar-refractivity contribution in [3.8, 4) is 0 Å². The van der Waals surface area contributed by atoms with Gasteiger partial charge in [-0.2, -0.15) is 0 Å². The summed E-state index contributed by atoms with van der Waals surface area (Å²) in [7, 11) is 1.62. The summed E-state index contributed by atoms with van der Waals surface area (Å²) in [6.45, 7) is 5.70. The van der Waals surface area contributed by atoms with Gasteiger partial charge in [0.25, 0.3) is 0 Å². The highest BCUT2D eigenvalue weighted by molar-refractivity contribution is 7.16. The summed E-state index contributed by atoms with van der Waals surface area (Å²) in [4.78, 5) is 25.6. The highest BCUT2D eigenvalue weighted by atomic mass is 35.5. The molecule has 0 fully saturated rings. The first kappa shape index (κ1) is 16.8. The van der Waals surface area contributed by atoms with Gasteiger partial charge in [-0.1, -0.05) is 32.4 Å². The van der Waals surface area contributed by atoms with Gasteiger partial charge in [0, 0.05) is 11.9 Å². The number of carbonyl (C=O) groups is 2. The maximum atomic E-state index is 12.0. The topological polar surface area (TPSA) is 69.6 Å². The van der Waals surface area contributed by atoms with Gasteiger partial charge in [-0.25, -0.2) is 9.59 Å². The van der Waals surface area contributed by atoms with Gasteiger partial charge in [-0.3, -0.25) is 0 Å². The number of thiophene rings is 1. The molecule has 0 aliphatic heterocycles. The summed E-state index contributed by atoms with van der Waals surface area (Å²) in [5.74, 6) is -1.04. The van der Waals surface area contributed by atoms with Crippen molar-refractivity contribution >= 4 is 34.9 Å².